The van der Waals surface area contributed by atoms with Gasteiger partial charge in [-0.15, -0.1) is 0 Å². The van der Waals surface area contributed by atoms with Crippen molar-refractivity contribution >= 4 is 28.5 Å². The average molecular weight is 435 g/mol. The Bertz CT molecular complexity index is 878. The first-order chi connectivity index (χ1) is 11.6. The molecule has 1 atom stereocenters. The molecule has 1 amide bonds. The second kappa shape index (κ2) is 7.12. The predicted octanol–water partition coefficient (Wildman–Crippen LogP) is 3.68. The number of nitrogens with zero attached hydrogens (tertiary/aromatic N) is 2. The van der Waals surface area contributed by atoms with E-state index in [1.807, 2.05) is 29.8 Å². The molecule has 3 rings (SSSR count). The first-order valence-electron chi connectivity index (χ1n) is 7.34. The summed E-state index contributed by atoms with van der Waals surface area (Å²) in [5.74, 6) is 0.0624. The molecule has 2 aromatic carbocycles. The monoisotopic (exact) mass is 435 g/mol. The number of halogens is 2. The van der Waals surface area contributed by atoms with Crippen molar-refractivity contribution in [1.29, 1.82) is 0 Å². The number of rotatable bonds is 4. The van der Waals surface area contributed by atoms with E-state index in [0.717, 1.165) is 3.57 Å². The summed E-state index contributed by atoms with van der Waals surface area (Å²) >= 11 is 2.12. The van der Waals surface area contributed by atoms with Crippen LogP contribution in [0.1, 0.15) is 27.8 Å². The Morgan fingerprint density at radius 1 is 1.25 bits per heavy atom. The smallest absolute Gasteiger partial charge is 0.253 e. The van der Waals surface area contributed by atoms with E-state index in [9.17, 15) is 9.18 Å². The van der Waals surface area contributed by atoms with Crippen molar-refractivity contribution in [3.05, 3.63) is 87.3 Å². The van der Waals surface area contributed by atoms with Gasteiger partial charge in [0.2, 0.25) is 0 Å². The maximum Gasteiger partial charge on any atom is 0.253 e. The first kappa shape index (κ1) is 16.6. The maximum atomic E-state index is 13.7. The van der Waals surface area contributed by atoms with E-state index in [4.69, 9.17) is 0 Å². The van der Waals surface area contributed by atoms with Crippen LogP contribution in [0.15, 0.2) is 60.9 Å². The minimum absolute atomic E-state index is 0.225. The van der Waals surface area contributed by atoms with Crippen LogP contribution in [0.25, 0.3) is 0 Å². The lowest BCUT2D eigenvalue weighted by Gasteiger charge is -2.19. The summed E-state index contributed by atoms with van der Waals surface area (Å²) in [6, 6.07) is 13.0. The highest BCUT2D eigenvalue weighted by atomic mass is 127. The number of nitrogens with one attached hydrogen (secondary N) is 1. The molecule has 0 saturated carbocycles. The number of aryl methyl sites for hydroxylation is 1. The van der Waals surface area contributed by atoms with E-state index in [1.165, 1.54) is 12.1 Å². The number of benzene rings is 2. The zero-order chi connectivity index (χ0) is 17.1. The number of hydrogen-bond acceptors (Lipinski definition) is 2. The summed E-state index contributed by atoms with van der Waals surface area (Å²) < 4.78 is 16.3. The molecule has 0 aliphatic carbocycles. The second-order valence-electron chi connectivity index (χ2n) is 5.34. The van der Waals surface area contributed by atoms with Crippen molar-refractivity contribution in [2.45, 2.75) is 6.04 Å². The number of imidazole rings is 1. The van der Waals surface area contributed by atoms with Gasteiger partial charge in [-0.3, -0.25) is 4.79 Å². The maximum absolute atomic E-state index is 13.7. The van der Waals surface area contributed by atoms with Gasteiger partial charge in [0.1, 0.15) is 17.7 Å². The van der Waals surface area contributed by atoms with Crippen LogP contribution in [-0.2, 0) is 7.05 Å². The van der Waals surface area contributed by atoms with Crippen molar-refractivity contribution in [2.24, 2.45) is 7.05 Å². The molecule has 0 saturated heterocycles. The molecule has 0 fully saturated rings. The van der Waals surface area contributed by atoms with Crippen molar-refractivity contribution in [3.8, 4) is 0 Å². The number of aromatic nitrogens is 2. The molecule has 122 valence electrons. The molecule has 0 bridgehead atoms. The third kappa shape index (κ3) is 3.48. The van der Waals surface area contributed by atoms with E-state index in [-0.39, 0.29) is 11.7 Å². The number of carbonyl (C=O) groups is 1. The highest BCUT2D eigenvalue weighted by Crippen LogP contribution is 2.22. The van der Waals surface area contributed by atoms with Crippen LogP contribution in [-0.4, -0.2) is 15.5 Å². The molecule has 1 aromatic heterocycles. The van der Waals surface area contributed by atoms with Gasteiger partial charge in [0, 0.05) is 23.0 Å². The van der Waals surface area contributed by atoms with E-state index >= 15 is 0 Å². The van der Waals surface area contributed by atoms with Gasteiger partial charge in [-0.1, -0.05) is 24.3 Å². The minimum Gasteiger partial charge on any atom is -0.338 e. The molecule has 0 unspecified atom stereocenters. The summed E-state index contributed by atoms with van der Waals surface area (Å²) in [5, 5.41) is 2.97. The van der Waals surface area contributed by atoms with Crippen LogP contribution in [0, 0.1) is 9.39 Å². The molecule has 1 N–H and O–H groups in total. The number of hydrogen-bond donors (Lipinski definition) is 1. The lowest BCUT2D eigenvalue weighted by atomic mass is 10.0. The molecule has 6 heteroatoms. The minimum atomic E-state index is -0.538. The fraction of sp³-hybridized carbons (Fsp3) is 0.111. The van der Waals surface area contributed by atoms with Crippen LogP contribution in [0.3, 0.4) is 0 Å². The summed E-state index contributed by atoms with van der Waals surface area (Å²) in [6.07, 6.45) is 3.44. The summed E-state index contributed by atoms with van der Waals surface area (Å²) in [4.78, 5) is 17.0. The normalized spacial score (nSPS) is 12.0. The molecule has 4 nitrogen and oxygen atoms in total. The largest absolute Gasteiger partial charge is 0.338 e. The van der Waals surface area contributed by atoms with Crippen molar-refractivity contribution in [3.63, 3.8) is 0 Å². The van der Waals surface area contributed by atoms with Crippen molar-refractivity contribution in [1.82, 2.24) is 14.9 Å². The highest BCUT2D eigenvalue weighted by Gasteiger charge is 2.22. The molecule has 0 radical (unpaired) electrons. The van der Waals surface area contributed by atoms with Gasteiger partial charge in [-0.2, -0.15) is 0 Å². The van der Waals surface area contributed by atoms with Crippen LogP contribution < -0.4 is 5.32 Å². The fourth-order valence-electron chi connectivity index (χ4n) is 2.49. The molecular weight excluding hydrogens is 420 g/mol. The van der Waals surface area contributed by atoms with E-state index < -0.39 is 6.04 Å². The van der Waals surface area contributed by atoms with Gasteiger partial charge in [0.05, 0.1) is 5.56 Å². The third-order valence-corrected chi connectivity index (χ3v) is 4.63. The van der Waals surface area contributed by atoms with E-state index in [0.29, 0.717) is 17.0 Å². The molecule has 0 spiro atoms. The molecule has 1 heterocycles. The van der Waals surface area contributed by atoms with Crippen LogP contribution in [0.5, 0.6) is 0 Å². The van der Waals surface area contributed by atoms with Gasteiger partial charge < -0.3 is 9.88 Å². The SMILES string of the molecule is Cn1ccnc1[C@H](NC(=O)c1ccccc1I)c1cccc(F)c1. The Morgan fingerprint density at radius 2 is 2.04 bits per heavy atom. The van der Waals surface area contributed by atoms with Crippen molar-refractivity contribution in [2.75, 3.05) is 0 Å². The highest BCUT2D eigenvalue weighted by molar-refractivity contribution is 14.1. The third-order valence-electron chi connectivity index (χ3n) is 3.69. The predicted molar refractivity (Wildman–Crippen MR) is 98.1 cm³/mol. The van der Waals surface area contributed by atoms with Crippen LogP contribution >= 0.6 is 22.6 Å². The average Bonchev–Trinajstić information content (AvgIpc) is 2.98. The Hall–Kier alpha value is -2.22. The Morgan fingerprint density at radius 3 is 2.71 bits per heavy atom. The Labute approximate surface area is 152 Å². The molecule has 0 aliphatic rings. The van der Waals surface area contributed by atoms with Crippen LogP contribution in [0.4, 0.5) is 4.39 Å². The summed E-state index contributed by atoms with van der Waals surface area (Å²) in [7, 11) is 1.84. The molecule has 3 aromatic rings. The van der Waals surface area contributed by atoms with Gasteiger partial charge in [0.15, 0.2) is 0 Å². The van der Waals surface area contributed by atoms with Gasteiger partial charge in [0.25, 0.3) is 5.91 Å². The molecule has 0 aliphatic heterocycles. The molecule has 24 heavy (non-hydrogen) atoms. The number of carbonyl (C=O) groups excluding carboxylic acids is 1. The second-order valence-corrected chi connectivity index (χ2v) is 6.50. The quantitative estimate of drug-likeness (QED) is 0.636. The fourth-order valence-corrected chi connectivity index (χ4v) is 3.12. The standard InChI is InChI=1S/C18H15FIN3O/c1-23-10-9-21-17(23)16(12-5-4-6-13(19)11-12)22-18(24)14-7-2-3-8-15(14)20/h2-11,16H,1H3,(H,22,24)/t16-/m1/s1. The summed E-state index contributed by atoms with van der Waals surface area (Å²) in [5.41, 5.74) is 1.22. The Balaban J connectivity index is 1.98. The van der Waals surface area contributed by atoms with Crippen molar-refractivity contribution < 1.29 is 9.18 Å². The lowest BCUT2D eigenvalue weighted by Crippen LogP contribution is -2.31. The van der Waals surface area contributed by atoms with E-state index in [2.05, 4.69) is 32.9 Å². The van der Waals surface area contributed by atoms with Gasteiger partial charge in [-0.25, -0.2) is 9.37 Å². The zero-order valence-electron chi connectivity index (χ0n) is 12.9. The topological polar surface area (TPSA) is 46.9 Å². The van der Waals surface area contributed by atoms with Gasteiger partial charge >= 0.3 is 0 Å². The first-order valence-corrected chi connectivity index (χ1v) is 8.42. The van der Waals surface area contributed by atoms with E-state index in [1.54, 1.807) is 30.6 Å². The van der Waals surface area contributed by atoms with Gasteiger partial charge in [-0.05, 0) is 52.4 Å². The molecular formula is C18H15FIN3O. The Kier molecular flexibility index (Phi) is 4.94. The lowest BCUT2D eigenvalue weighted by molar-refractivity contribution is 0.0940. The summed E-state index contributed by atoms with van der Waals surface area (Å²) in [6.45, 7) is 0. The zero-order valence-corrected chi connectivity index (χ0v) is 15.1. The number of amides is 1. The van der Waals surface area contributed by atoms with Crippen LogP contribution in [0.2, 0.25) is 0 Å².